The van der Waals surface area contributed by atoms with E-state index in [0.29, 0.717) is 0 Å². The summed E-state index contributed by atoms with van der Waals surface area (Å²) in [6, 6.07) is 21.8. The van der Waals surface area contributed by atoms with Crippen LogP contribution < -0.4 is 0 Å². The Morgan fingerprint density at radius 3 is 2.29 bits per heavy atom. The molecule has 0 N–H and O–H groups in total. The van der Waals surface area contributed by atoms with Crippen LogP contribution in [-0.4, -0.2) is 4.98 Å². The number of pyridine rings is 1. The lowest BCUT2D eigenvalue weighted by molar-refractivity contribution is 0.591. The van der Waals surface area contributed by atoms with Crippen molar-refractivity contribution in [1.82, 2.24) is 4.98 Å². The van der Waals surface area contributed by atoms with Gasteiger partial charge < -0.3 is 0 Å². The summed E-state index contributed by atoms with van der Waals surface area (Å²) in [7, 11) is 0. The Hall–Kier alpha value is -2.67. The van der Waals surface area contributed by atoms with E-state index in [2.05, 4.69) is 86.4 Å². The molecule has 0 radical (unpaired) electrons. The topological polar surface area (TPSA) is 12.9 Å². The molecule has 4 rings (SSSR count). The quantitative estimate of drug-likeness (QED) is 0.373. The fourth-order valence-electron chi connectivity index (χ4n) is 3.54. The first-order valence-electron chi connectivity index (χ1n) is 8.41. The molecule has 0 aliphatic heterocycles. The third-order valence-electron chi connectivity index (χ3n) is 4.71. The van der Waals surface area contributed by atoms with Gasteiger partial charge in [-0.05, 0) is 44.2 Å². The van der Waals surface area contributed by atoms with Gasteiger partial charge in [-0.15, -0.1) is 0 Å². The standard InChI is InChI=1S/C23H21N/c1-23(2,3)22-13-14-24-15-21(22)19-10-6-9-18-17-8-5-4-7-16(17)11-12-20(18)19/h4-15H,1-3H3. The molecule has 1 heterocycles. The Balaban J connectivity index is 2.08. The first-order chi connectivity index (χ1) is 11.6. The zero-order chi connectivity index (χ0) is 16.7. The van der Waals surface area contributed by atoms with Gasteiger partial charge in [0, 0.05) is 18.0 Å². The SMILES string of the molecule is CC(C)(C)c1ccncc1-c1cccc2c1ccc1ccccc12. The van der Waals surface area contributed by atoms with E-state index in [9.17, 15) is 0 Å². The number of aromatic nitrogens is 1. The van der Waals surface area contributed by atoms with Crippen LogP contribution in [0.2, 0.25) is 0 Å². The molecule has 0 spiro atoms. The van der Waals surface area contributed by atoms with Gasteiger partial charge in [0.05, 0.1) is 0 Å². The molecule has 0 saturated carbocycles. The molecule has 0 bridgehead atoms. The molecule has 118 valence electrons. The smallest absolute Gasteiger partial charge is 0.0349 e. The van der Waals surface area contributed by atoms with Gasteiger partial charge in [-0.25, -0.2) is 0 Å². The van der Waals surface area contributed by atoms with E-state index in [1.807, 2.05) is 12.4 Å². The molecule has 0 fully saturated rings. The largest absolute Gasteiger partial charge is 0.264 e. The summed E-state index contributed by atoms with van der Waals surface area (Å²) < 4.78 is 0. The normalized spacial score (nSPS) is 12.0. The van der Waals surface area contributed by atoms with Crippen LogP contribution >= 0.6 is 0 Å². The van der Waals surface area contributed by atoms with Crippen LogP contribution in [0, 0.1) is 0 Å². The van der Waals surface area contributed by atoms with Crippen molar-refractivity contribution >= 4 is 21.5 Å². The number of benzene rings is 3. The molecular weight excluding hydrogens is 290 g/mol. The minimum atomic E-state index is 0.0806. The van der Waals surface area contributed by atoms with Crippen LogP contribution in [-0.2, 0) is 5.41 Å². The van der Waals surface area contributed by atoms with Crippen molar-refractivity contribution in [2.75, 3.05) is 0 Å². The Morgan fingerprint density at radius 2 is 1.46 bits per heavy atom. The second-order valence-electron chi connectivity index (χ2n) is 7.36. The molecule has 24 heavy (non-hydrogen) atoms. The molecular formula is C23H21N. The lowest BCUT2D eigenvalue weighted by Crippen LogP contribution is -2.13. The fourth-order valence-corrected chi connectivity index (χ4v) is 3.54. The minimum absolute atomic E-state index is 0.0806. The summed E-state index contributed by atoms with van der Waals surface area (Å²) in [5.74, 6) is 0. The van der Waals surface area contributed by atoms with E-state index < -0.39 is 0 Å². The highest BCUT2D eigenvalue weighted by Gasteiger charge is 2.19. The van der Waals surface area contributed by atoms with E-state index in [-0.39, 0.29) is 5.41 Å². The molecule has 4 aromatic rings. The predicted molar refractivity (Wildman–Crippen MR) is 103 cm³/mol. The van der Waals surface area contributed by atoms with Crippen molar-refractivity contribution in [3.05, 3.63) is 78.6 Å². The highest BCUT2D eigenvalue weighted by molar-refractivity contribution is 6.12. The number of rotatable bonds is 1. The lowest BCUT2D eigenvalue weighted by Gasteiger charge is -2.23. The first-order valence-corrected chi connectivity index (χ1v) is 8.41. The van der Waals surface area contributed by atoms with Gasteiger partial charge in [0.15, 0.2) is 0 Å². The summed E-state index contributed by atoms with van der Waals surface area (Å²) >= 11 is 0. The maximum Gasteiger partial charge on any atom is 0.0349 e. The Bertz CT molecular complexity index is 1040. The lowest BCUT2D eigenvalue weighted by atomic mass is 9.82. The van der Waals surface area contributed by atoms with Crippen LogP contribution in [0.25, 0.3) is 32.7 Å². The zero-order valence-corrected chi connectivity index (χ0v) is 14.4. The average molecular weight is 311 g/mol. The molecule has 1 heteroatoms. The van der Waals surface area contributed by atoms with Crippen LogP contribution in [0.15, 0.2) is 73.1 Å². The van der Waals surface area contributed by atoms with Crippen molar-refractivity contribution in [2.45, 2.75) is 26.2 Å². The molecule has 0 unspecified atom stereocenters. The number of nitrogens with zero attached hydrogens (tertiary/aromatic N) is 1. The number of hydrogen-bond acceptors (Lipinski definition) is 1. The van der Waals surface area contributed by atoms with Gasteiger partial charge in [0.1, 0.15) is 0 Å². The van der Waals surface area contributed by atoms with Crippen molar-refractivity contribution in [3.8, 4) is 11.1 Å². The van der Waals surface area contributed by atoms with Crippen molar-refractivity contribution in [3.63, 3.8) is 0 Å². The van der Waals surface area contributed by atoms with Gasteiger partial charge in [-0.2, -0.15) is 0 Å². The summed E-state index contributed by atoms with van der Waals surface area (Å²) in [4.78, 5) is 4.40. The molecule has 0 amide bonds. The predicted octanol–water partition coefficient (Wildman–Crippen LogP) is 6.35. The zero-order valence-electron chi connectivity index (χ0n) is 14.4. The van der Waals surface area contributed by atoms with Crippen LogP contribution in [0.5, 0.6) is 0 Å². The average Bonchev–Trinajstić information content (AvgIpc) is 2.60. The third-order valence-corrected chi connectivity index (χ3v) is 4.71. The van der Waals surface area contributed by atoms with Crippen molar-refractivity contribution < 1.29 is 0 Å². The van der Waals surface area contributed by atoms with Gasteiger partial charge in [-0.1, -0.05) is 75.4 Å². The molecule has 0 atom stereocenters. The maximum absolute atomic E-state index is 4.40. The summed E-state index contributed by atoms with van der Waals surface area (Å²) in [6.45, 7) is 6.77. The van der Waals surface area contributed by atoms with E-state index in [1.165, 1.54) is 38.2 Å². The Kier molecular flexibility index (Phi) is 3.38. The van der Waals surface area contributed by atoms with Gasteiger partial charge in [0.25, 0.3) is 0 Å². The van der Waals surface area contributed by atoms with Gasteiger partial charge >= 0.3 is 0 Å². The van der Waals surface area contributed by atoms with Crippen LogP contribution in [0.1, 0.15) is 26.3 Å². The van der Waals surface area contributed by atoms with Crippen molar-refractivity contribution in [1.29, 1.82) is 0 Å². The fraction of sp³-hybridized carbons (Fsp3) is 0.174. The monoisotopic (exact) mass is 311 g/mol. The van der Waals surface area contributed by atoms with E-state index in [4.69, 9.17) is 0 Å². The molecule has 1 aromatic heterocycles. The Morgan fingerprint density at radius 1 is 0.667 bits per heavy atom. The molecule has 0 aliphatic rings. The molecule has 3 aromatic carbocycles. The molecule has 0 aliphatic carbocycles. The summed E-state index contributed by atoms with van der Waals surface area (Å²) in [6.07, 6.45) is 3.90. The third kappa shape index (κ3) is 2.37. The molecule has 1 nitrogen and oxygen atoms in total. The first kappa shape index (κ1) is 14.9. The van der Waals surface area contributed by atoms with Gasteiger partial charge in [0.2, 0.25) is 0 Å². The van der Waals surface area contributed by atoms with Crippen LogP contribution in [0.4, 0.5) is 0 Å². The van der Waals surface area contributed by atoms with Crippen LogP contribution in [0.3, 0.4) is 0 Å². The van der Waals surface area contributed by atoms with Gasteiger partial charge in [-0.3, -0.25) is 4.98 Å². The Labute approximate surface area is 143 Å². The maximum atomic E-state index is 4.40. The number of fused-ring (bicyclic) bond motifs is 3. The number of hydrogen-bond donors (Lipinski definition) is 0. The van der Waals surface area contributed by atoms with E-state index in [1.54, 1.807) is 0 Å². The van der Waals surface area contributed by atoms with E-state index >= 15 is 0 Å². The molecule has 0 saturated heterocycles. The summed E-state index contributed by atoms with van der Waals surface area (Å²) in [5.41, 5.74) is 3.90. The highest BCUT2D eigenvalue weighted by atomic mass is 14.6. The second-order valence-corrected chi connectivity index (χ2v) is 7.36. The highest BCUT2D eigenvalue weighted by Crippen LogP contribution is 2.37. The summed E-state index contributed by atoms with van der Waals surface area (Å²) in [5, 5.41) is 5.17. The van der Waals surface area contributed by atoms with Crippen molar-refractivity contribution in [2.24, 2.45) is 0 Å². The second kappa shape index (κ2) is 5.45. The minimum Gasteiger partial charge on any atom is -0.264 e. The van der Waals surface area contributed by atoms with E-state index in [0.717, 1.165) is 0 Å².